The number of carbonyl (C=O) groups is 1. The van der Waals surface area contributed by atoms with Crippen LogP contribution in [0.3, 0.4) is 0 Å². The number of nitrogens with one attached hydrogen (secondary N) is 1. The maximum Gasteiger partial charge on any atom is 0.251 e. The van der Waals surface area contributed by atoms with Crippen molar-refractivity contribution in [2.24, 2.45) is 5.41 Å². The van der Waals surface area contributed by atoms with E-state index in [0.29, 0.717) is 0 Å². The molecule has 2 nitrogen and oxygen atoms in total. The molecule has 0 radical (unpaired) electrons. The van der Waals surface area contributed by atoms with Crippen molar-refractivity contribution < 1.29 is 4.79 Å². The molecule has 3 heteroatoms. The molecule has 0 atom stereocenters. The second-order valence-corrected chi connectivity index (χ2v) is 7.07. The average molecular weight is 340 g/mol. The Hall–Kier alpha value is -0.830. The highest BCUT2D eigenvalue weighted by atomic mass is 79.9. The Morgan fingerprint density at radius 3 is 2.65 bits per heavy atom. The summed E-state index contributed by atoms with van der Waals surface area (Å²) in [6.45, 7) is 9.34. The predicted octanol–water partition coefficient (Wildman–Crippen LogP) is 5.09. The van der Waals surface area contributed by atoms with Gasteiger partial charge in [-0.3, -0.25) is 4.79 Å². The lowest BCUT2D eigenvalue weighted by atomic mass is 9.87. The minimum absolute atomic E-state index is 0.0207. The van der Waals surface area contributed by atoms with Crippen molar-refractivity contribution in [1.82, 2.24) is 5.32 Å². The van der Waals surface area contributed by atoms with Crippen LogP contribution in [0.1, 0.15) is 62.4 Å². The third-order valence-corrected chi connectivity index (χ3v) is 4.56. The van der Waals surface area contributed by atoms with E-state index in [1.165, 1.54) is 19.3 Å². The van der Waals surface area contributed by atoms with Crippen LogP contribution in [-0.4, -0.2) is 12.5 Å². The van der Waals surface area contributed by atoms with Gasteiger partial charge in [-0.2, -0.15) is 0 Å². The number of carbonyl (C=O) groups excluding carboxylic acids is 1. The molecule has 0 aliphatic rings. The molecular weight excluding hydrogens is 314 g/mol. The van der Waals surface area contributed by atoms with Gasteiger partial charge in [0.15, 0.2) is 0 Å². The van der Waals surface area contributed by atoms with E-state index in [0.717, 1.165) is 28.6 Å². The quantitative estimate of drug-likeness (QED) is 0.688. The average Bonchev–Trinajstić information content (AvgIpc) is 2.39. The molecule has 0 aliphatic carbocycles. The second kappa shape index (κ2) is 7.82. The number of amides is 1. The van der Waals surface area contributed by atoms with Crippen LogP contribution < -0.4 is 5.32 Å². The molecular formula is C17H26BrNO. The van der Waals surface area contributed by atoms with Crippen molar-refractivity contribution in [3.8, 4) is 0 Å². The first kappa shape index (κ1) is 17.2. The van der Waals surface area contributed by atoms with E-state index in [-0.39, 0.29) is 11.3 Å². The van der Waals surface area contributed by atoms with Crippen molar-refractivity contribution in [2.45, 2.75) is 53.4 Å². The summed E-state index contributed by atoms with van der Waals surface area (Å²) in [5.41, 5.74) is 1.91. The van der Waals surface area contributed by atoms with E-state index in [1.54, 1.807) is 0 Å². The molecule has 0 heterocycles. The zero-order valence-electron chi connectivity index (χ0n) is 13.1. The summed E-state index contributed by atoms with van der Waals surface area (Å²) < 4.78 is 0.979. The summed E-state index contributed by atoms with van der Waals surface area (Å²) in [4.78, 5) is 12.3. The fourth-order valence-corrected chi connectivity index (χ4v) is 2.58. The zero-order chi connectivity index (χ0) is 15.2. The van der Waals surface area contributed by atoms with Crippen molar-refractivity contribution in [2.75, 3.05) is 6.54 Å². The van der Waals surface area contributed by atoms with Gasteiger partial charge >= 0.3 is 0 Å². The first-order valence-corrected chi connectivity index (χ1v) is 8.20. The Morgan fingerprint density at radius 1 is 1.30 bits per heavy atom. The van der Waals surface area contributed by atoms with E-state index in [2.05, 4.69) is 42.0 Å². The fraction of sp³-hybridized carbons (Fsp3) is 0.588. The minimum atomic E-state index is 0.0207. The van der Waals surface area contributed by atoms with Crippen LogP contribution in [0.25, 0.3) is 0 Å². The van der Waals surface area contributed by atoms with Gasteiger partial charge in [-0.05, 0) is 36.5 Å². The topological polar surface area (TPSA) is 29.1 Å². The highest BCUT2D eigenvalue weighted by molar-refractivity contribution is 9.10. The van der Waals surface area contributed by atoms with Gasteiger partial charge in [0.1, 0.15) is 0 Å². The summed E-state index contributed by atoms with van der Waals surface area (Å²) in [6, 6.07) is 5.73. The molecule has 0 unspecified atom stereocenters. The molecule has 1 aromatic carbocycles. The summed E-state index contributed by atoms with van der Waals surface area (Å²) in [5.74, 6) is 0.0207. The van der Waals surface area contributed by atoms with E-state index in [9.17, 15) is 4.79 Å². The number of hydrogen-bond donors (Lipinski definition) is 1. The van der Waals surface area contributed by atoms with E-state index in [4.69, 9.17) is 0 Å². The van der Waals surface area contributed by atoms with Gasteiger partial charge < -0.3 is 5.32 Å². The van der Waals surface area contributed by atoms with Crippen LogP contribution >= 0.6 is 15.9 Å². The Balaban J connectivity index is 2.56. The van der Waals surface area contributed by atoms with Gasteiger partial charge in [0.2, 0.25) is 0 Å². The van der Waals surface area contributed by atoms with Gasteiger partial charge in [-0.25, -0.2) is 0 Å². The smallest absolute Gasteiger partial charge is 0.251 e. The van der Waals surface area contributed by atoms with Crippen LogP contribution in [0.5, 0.6) is 0 Å². The predicted molar refractivity (Wildman–Crippen MR) is 89.1 cm³/mol. The summed E-state index contributed by atoms with van der Waals surface area (Å²) in [6.07, 6.45) is 4.88. The maximum atomic E-state index is 12.3. The molecule has 0 spiro atoms. The molecule has 1 amide bonds. The molecule has 20 heavy (non-hydrogen) atoms. The third kappa shape index (κ3) is 5.28. The fourth-order valence-electron chi connectivity index (χ4n) is 2.21. The lowest BCUT2D eigenvalue weighted by molar-refractivity contribution is 0.0933. The molecule has 0 aromatic heterocycles. The van der Waals surface area contributed by atoms with Crippen molar-refractivity contribution in [3.05, 3.63) is 33.8 Å². The zero-order valence-corrected chi connectivity index (χ0v) is 14.6. The third-order valence-electron chi connectivity index (χ3n) is 3.70. The van der Waals surface area contributed by atoms with Crippen LogP contribution in [0.15, 0.2) is 22.7 Å². The van der Waals surface area contributed by atoms with E-state index >= 15 is 0 Å². The molecule has 112 valence electrons. The highest BCUT2D eigenvalue weighted by Gasteiger charge is 2.19. The monoisotopic (exact) mass is 339 g/mol. The number of unbranched alkanes of at least 4 members (excludes halogenated alkanes) is 2. The molecule has 1 N–H and O–H groups in total. The Morgan fingerprint density at radius 2 is 2.00 bits per heavy atom. The molecule has 1 aromatic rings. The lowest BCUT2D eigenvalue weighted by Crippen LogP contribution is -2.34. The van der Waals surface area contributed by atoms with Crippen molar-refractivity contribution in [3.63, 3.8) is 0 Å². The maximum absolute atomic E-state index is 12.3. The molecule has 1 rings (SSSR count). The van der Waals surface area contributed by atoms with Gasteiger partial charge in [0, 0.05) is 16.6 Å². The number of halogens is 1. The minimum Gasteiger partial charge on any atom is -0.351 e. The number of benzene rings is 1. The van der Waals surface area contributed by atoms with Crippen LogP contribution in [0.2, 0.25) is 0 Å². The summed E-state index contributed by atoms with van der Waals surface area (Å²) in [7, 11) is 0. The van der Waals surface area contributed by atoms with Gasteiger partial charge in [0.25, 0.3) is 5.91 Å². The Bertz CT molecular complexity index is 454. The molecule has 0 aliphatic heterocycles. The molecule has 0 saturated carbocycles. The summed E-state index contributed by atoms with van der Waals surface area (Å²) >= 11 is 3.47. The number of rotatable bonds is 7. The lowest BCUT2D eigenvalue weighted by Gasteiger charge is -2.25. The van der Waals surface area contributed by atoms with E-state index in [1.807, 2.05) is 25.1 Å². The van der Waals surface area contributed by atoms with Crippen molar-refractivity contribution >= 4 is 21.8 Å². The van der Waals surface area contributed by atoms with Gasteiger partial charge in [-0.15, -0.1) is 0 Å². The van der Waals surface area contributed by atoms with Crippen LogP contribution in [-0.2, 0) is 0 Å². The van der Waals surface area contributed by atoms with Crippen LogP contribution in [0.4, 0.5) is 0 Å². The van der Waals surface area contributed by atoms with Gasteiger partial charge in [-0.1, -0.05) is 62.0 Å². The van der Waals surface area contributed by atoms with Crippen molar-refractivity contribution in [1.29, 1.82) is 0 Å². The second-order valence-electron chi connectivity index (χ2n) is 6.22. The normalized spacial score (nSPS) is 11.4. The first-order valence-electron chi connectivity index (χ1n) is 7.40. The molecule has 0 bridgehead atoms. The Labute approximate surface area is 131 Å². The number of hydrogen-bond acceptors (Lipinski definition) is 1. The largest absolute Gasteiger partial charge is 0.351 e. The first-order chi connectivity index (χ1) is 9.37. The summed E-state index contributed by atoms with van der Waals surface area (Å²) in [5, 5.41) is 3.07. The highest BCUT2D eigenvalue weighted by Crippen LogP contribution is 2.23. The van der Waals surface area contributed by atoms with Crippen LogP contribution in [0, 0.1) is 12.3 Å². The SMILES string of the molecule is CCCCCC(C)(C)CNC(=O)c1cccc(Br)c1C. The van der Waals surface area contributed by atoms with E-state index < -0.39 is 0 Å². The van der Waals surface area contributed by atoms with Gasteiger partial charge in [0.05, 0.1) is 0 Å². The standard InChI is InChI=1S/C17H26BrNO/c1-5-6-7-11-17(3,4)12-19-16(20)14-9-8-10-15(18)13(14)2/h8-10H,5-7,11-12H2,1-4H3,(H,19,20). The molecule has 0 fully saturated rings. The Kier molecular flexibility index (Phi) is 6.74. The molecule has 0 saturated heterocycles.